The topological polar surface area (TPSA) is 65.5 Å². The third kappa shape index (κ3) is 3.23. The van der Waals surface area contributed by atoms with Gasteiger partial charge >= 0.3 is 0 Å². The molecule has 6 heteroatoms. The Bertz CT molecular complexity index is 756. The Labute approximate surface area is 141 Å². The van der Waals surface area contributed by atoms with E-state index in [1.807, 2.05) is 31.3 Å². The number of rotatable bonds is 2. The van der Waals surface area contributed by atoms with Gasteiger partial charge in [-0.25, -0.2) is 0 Å². The first kappa shape index (κ1) is 16.4. The van der Waals surface area contributed by atoms with E-state index in [1.165, 1.54) is 0 Å². The minimum atomic E-state index is -0.227. The number of aromatic nitrogens is 1. The molecule has 2 amide bonds. The molecule has 2 aromatic rings. The minimum Gasteiger partial charge on any atom is -0.359 e. The smallest absolute Gasteiger partial charge is 0.256 e. The van der Waals surface area contributed by atoms with Crippen LogP contribution in [0.4, 0.5) is 0 Å². The molecule has 1 atom stereocenters. The number of pyridine rings is 1. The van der Waals surface area contributed by atoms with E-state index in [1.54, 1.807) is 24.2 Å². The van der Waals surface area contributed by atoms with Crippen LogP contribution in [0.5, 0.6) is 0 Å². The van der Waals surface area contributed by atoms with Crippen LogP contribution in [0.2, 0.25) is 0 Å². The summed E-state index contributed by atoms with van der Waals surface area (Å²) in [5.41, 5.74) is 1.30. The molecule has 0 bridgehead atoms. The molecule has 0 radical (unpaired) electrons. The predicted molar refractivity (Wildman–Crippen MR) is 92.7 cm³/mol. The number of carbonyl (C=O) groups excluding carboxylic acids is 2. The number of nitrogens with zero attached hydrogens (tertiary/aromatic N) is 3. The van der Waals surface area contributed by atoms with Crippen LogP contribution >= 0.6 is 0 Å². The van der Waals surface area contributed by atoms with Gasteiger partial charge in [0.15, 0.2) is 0 Å². The van der Waals surface area contributed by atoms with Crippen LogP contribution in [0.1, 0.15) is 10.4 Å². The van der Waals surface area contributed by atoms with Crippen molar-refractivity contribution in [1.82, 2.24) is 20.1 Å². The van der Waals surface area contributed by atoms with E-state index >= 15 is 0 Å². The molecular weight excluding hydrogens is 304 g/mol. The molecule has 2 heterocycles. The van der Waals surface area contributed by atoms with E-state index in [0.717, 1.165) is 11.9 Å². The van der Waals surface area contributed by atoms with Gasteiger partial charge < -0.3 is 15.1 Å². The van der Waals surface area contributed by atoms with Gasteiger partial charge in [-0.2, -0.15) is 0 Å². The van der Waals surface area contributed by atoms with Crippen molar-refractivity contribution in [3.8, 4) is 0 Å². The Morgan fingerprint density at radius 1 is 1.17 bits per heavy atom. The summed E-state index contributed by atoms with van der Waals surface area (Å²) >= 11 is 0. The number of fused-ring (bicyclic) bond motifs is 1. The summed E-state index contributed by atoms with van der Waals surface area (Å²) in [6.07, 6.45) is 1.70. The Morgan fingerprint density at radius 3 is 2.75 bits per heavy atom. The lowest BCUT2D eigenvalue weighted by Gasteiger charge is -2.23. The molecule has 24 heavy (non-hydrogen) atoms. The molecule has 0 unspecified atom stereocenters. The van der Waals surface area contributed by atoms with Gasteiger partial charge in [-0.05, 0) is 19.2 Å². The van der Waals surface area contributed by atoms with Gasteiger partial charge in [0.25, 0.3) is 5.91 Å². The summed E-state index contributed by atoms with van der Waals surface area (Å²) in [6, 6.07) is 9.43. The van der Waals surface area contributed by atoms with Crippen molar-refractivity contribution in [2.45, 2.75) is 0 Å². The first-order valence-corrected chi connectivity index (χ1v) is 8.13. The zero-order valence-electron chi connectivity index (χ0n) is 14.0. The summed E-state index contributed by atoms with van der Waals surface area (Å²) in [4.78, 5) is 33.4. The van der Waals surface area contributed by atoms with E-state index in [0.29, 0.717) is 30.7 Å². The second-order valence-corrected chi connectivity index (χ2v) is 6.21. The van der Waals surface area contributed by atoms with Crippen LogP contribution in [0.25, 0.3) is 10.9 Å². The third-order valence-corrected chi connectivity index (χ3v) is 4.49. The second kappa shape index (κ2) is 6.97. The summed E-state index contributed by atoms with van der Waals surface area (Å²) < 4.78 is 0. The fourth-order valence-corrected chi connectivity index (χ4v) is 3.18. The highest BCUT2D eigenvalue weighted by molar-refractivity contribution is 6.05. The zero-order chi connectivity index (χ0) is 17.1. The molecule has 1 aromatic heterocycles. The fraction of sp³-hybridized carbons (Fsp3) is 0.389. The molecule has 1 aliphatic heterocycles. The molecule has 6 nitrogen and oxygen atoms in total. The van der Waals surface area contributed by atoms with Gasteiger partial charge in [-0.15, -0.1) is 0 Å². The van der Waals surface area contributed by atoms with Gasteiger partial charge in [0.2, 0.25) is 5.91 Å². The largest absolute Gasteiger partial charge is 0.359 e. The Hall–Kier alpha value is -2.47. The number of benzene rings is 1. The van der Waals surface area contributed by atoms with Crippen molar-refractivity contribution in [3.05, 3.63) is 42.1 Å². The van der Waals surface area contributed by atoms with Gasteiger partial charge in [0.05, 0.1) is 17.0 Å². The summed E-state index contributed by atoms with van der Waals surface area (Å²) in [6.45, 7) is 2.42. The van der Waals surface area contributed by atoms with Gasteiger partial charge in [-0.3, -0.25) is 14.6 Å². The van der Waals surface area contributed by atoms with Crippen LogP contribution < -0.4 is 5.32 Å². The third-order valence-electron chi connectivity index (χ3n) is 4.49. The second-order valence-electron chi connectivity index (χ2n) is 6.21. The van der Waals surface area contributed by atoms with Crippen LogP contribution in [-0.4, -0.2) is 66.9 Å². The van der Waals surface area contributed by atoms with E-state index in [9.17, 15) is 9.59 Å². The molecule has 1 aliphatic rings. The molecule has 1 fully saturated rings. The SMILES string of the molecule is CNC(=O)[C@H]1CN(C)CCN(C(=O)c2cccc3cccnc23)C1. The highest BCUT2D eigenvalue weighted by Gasteiger charge is 2.29. The molecule has 0 spiro atoms. The van der Waals surface area contributed by atoms with E-state index in [4.69, 9.17) is 0 Å². The number of hydrogen-bond acceptors (Lipinski definition) is 4. The maximum atomic E-state index is 13.1. The highest BCUT2D eigenvalue weighted by Crippen LogP contribution is 2.19. The minimum absolute atomic E-state index is 0.0300. The first-order valence-electron chi connectivity index (χ1n) is 8.13. The average molecular weight is 326 g/mol. The Balaban J connectivity index is 1.91. The van der Waals surface area contributed by atoms with Crippen molar-refractivity contribution < 1.29 is 9.59 Å². The number of amides is 2. The van der Waals surface area contributed by atoms with E-state index < -0.39 is 0 Å². The summed E-state index contributed by atoms with van der Waals surface area (Å²) in [5.74, 6) is -0.324. The van der Waals surface area contributed by atoms with E-state index in [2.05, 4.69) is 15.2 Å². The van der Waals surface area contributed by atoms with Crippen LogP contribution in [0, 0.1) is 5.92 Å². The maximum Gasteiger partial charge on any atom is 0.256 e. The normalized spacial score (nSPS) is 19.1. The molecular formula is C18H22N4O2. The predicted octanol–water partition coefficient (Wildman–Crippen LogP) is 0.985. The quantitative estimate of drug-likeness (QED) is 0.894. The lowest BCUT2D eigenvalue weighted by Crippen LogP contribution is -2.41. The van der Waals surface area contributed by atoms with Crippen molar-refractivity contribution in [3.63, 3.8) is 0 Å². The van der Waals surface area contributed by atoms with Gasteiger partial charge in [0.1, 0.15) is 0 Å². The number of hydrogen-bond donors (Lipinski definition) is 1. The maximum absolute atomic E-state index is 13.1. The van der Waals surface area contributed by atoms with Crippen molar-refractivity contribution in [2.75, 3.05) is 40.3 Å². The first-order chi connectivity index (χ1) is 11.6. The van der Waals surface area contributed by atoms with Crippen molar-refractivity contribution in [2.24, 2.45) is 5.92 Å². The lowest BCUT2D eigenvalue weighted by molar-refractivity contribution is -0.125. The molecule has 1 saturated heterocycles. The Morgan fingerprint density at radius 2 is 1.96 bits per heavy atom. The van der Waals surface area contributed by atoms with Gasteiger partial charge in [-0.1, -0.05) is 18.2 Å². The number of carbonyl (C=O) groups is 2. The van der Waals surface area contributed by atoms with Crippen LogP contribution in [-0.2, 0) is 4.79 Å². The van der Waals surface area contributed by atoms with Crippen molar-refractivity contribution >= 4 is 22.7 Å². The highest BCUT2D eigenvalue weighted by atomic mass is 16.2. The van der Waals surface area contributed by atoms with Crippen molar-refractivity contribution in [1.29, 1.82) is 0 Å². The summed E-state index contributed by atoms with van der Waals surface area (Å²) in [5, 5.41) is 3.64. The van der Waals surface area contributed by atoms with E-state index in [-0.39, 0.29) is 17.7 Å². The number of nitrogens with one attached hydrogen (secondary N) is 1. The molecule has 3 rings (SSSR count). The fourth-order valence-electron chi connectivity index (χ4n) is 3.18. The molecule has 0 saturated carbocycles. The zero-order valence-corrected chi connectivity index (χ0v) is 14.0. The van der Waals surface area contributed by atoms with Crippen LogP contribution in [0.15, 0.2) is 36.5 Å². The number of likely N-dealkylation sites (N-methyl/N-ethyl adjacent to an activating group) is 1. The van der Waals surface area contributed by atoms with Gasteiger partial charge in [0, 0.05) is 44.8 Å². The monoisotopic (exact) mass is 326 g/mol. The molecule has 1 N–H and O–H groups in total. The van der Waals surface area contributed by atoms with Crippen LogP contribution in [0.3, 0.4) is 0 Å². The number of para-hydroxylation sites is 1. The molecule has 0 aliphatic carbocycles. The lowest BCUT2D eigenvalue weighted by atomic mass is 10.1. The standard InChI is InChI=1S/C18H22N4O2/c1-19-17(23)14-11-21(2)9-10-22(12-14)18(24)15-7-3-5-13-6-4-8-20-16(13)15/h3-8,14H,9-12H2,1-2H3,(H,19,23)/t14-/m0/s1. The summed E-state index contributed by atoms with van der Waals surface area (Å²) in [7, 11) is 3.61. The molecule has 126 valence electrons. The molecule has 1 aromatic carbocycles. The average Bonchev–Trinajstić information content (AvgIpc) is 2.81. The Kier molecular flexibility index (Phi) is 4.76.